The molecule has 0 N–H and O–H groups in total. The second-order valence-electron chi connectivity index (χ2n) is 9.54. The van der Waals surface area contributed by atoms with Gasteiger partial charge in [-0.25, -0.2) is 0 Å². The highest BCUT2D eigenvalue weighted by Gasteiger charge is 2.45. The molecule has 0 radical (unpaired) electrons. The van der Waals surface area contributed by atoms with E-state index >= 15 is 0 Å². The van der Waals surface area contributed by atoms with Crippen LogP contribution in [0.4, 0.5) is 0 Å². The Hall–Kier alpha value is -2.41. The lowest BCUT2D eigenvalue weighted by Gasteiger charge is -2.40. The molecule has 0 unspecified atom stereocenters. The summed E-state index contributed by atoms with van der Waals surface area (Å²) in [4.78, 5) is 20.2. The molecule has 0 saturated carbocycles. The third kappa shape index (κ3) is 5.08. The SMILES string of the molecule is COc1ccc([C@H]2CN(Cc3ccccc3)[C@@H]3CCN(C(=O)CN4CCOCC4)C[C@H]23)cc1. The van der Waals surface area contributed by atoms with Crippen molar-refractivity contribution < 1.29 is 14.3 Å². The van der Waals surface area contributed by atoms with Crippen molar-refractivity contribution in [3.05, 3.63) is 65.7 Å². The Morgan fingerprint density at radius 3 is 2.48 bits per heavy atom. The number of nitrogens with zero attached hydrogens (tertiary/aromatic N) is 3. The number of ether oxygens (including phenoxy) is 2. The van der Waals surface area contributed by atoms with Gasteiger partial charge in [0.15, 0.2) is 0 Å². The molecule has 3 atom stereocenters. The number of likely N-dealkylation sites (tertiary alicyclic amines) is 2. The molecule has 6 heteroatoms. The van der Waals surface area contributed by atoms with E-state index < -0.39 is 0 Å². The van der Waals surface area contributed by atoms with E-state index in [-0.39, 0.29) is 5.91 Å². The first kappa shape index (κ1) is 22.4. The molecule has 3 saturated heterocycles. The summed E-state index contributed by atoms with van der Waals surface area (Å²) >= 11 is 0. The summed E-state index contributed by atoms with van der Waals surface area (Å²) in [5, 5.41) is 0. The Kier molecular flexibility index (Phi) is 6.95. The Labute approximate surface area is 197 Å². The van der Waals surface area contributed by atoms with Crippen LogP contribution in [0.5, 0.6) is 5.75 Å². The van der Waals surface area contributed by atoms with Crippen molar-refractivity contribution in [3.63, 3.8) is 0 Å². The summed E-state index contributed by atoms with van der Waals surface area (Å²) in [6, 6.07) is 19.8. The maximum atomic E-state index is 13.2. The molecular formula is C27H35N3O3. The Balaban J connectivity index is 1.33. The van der Waals surface area contributed by atoms with E-state index in [1.54, 1.807) is 7.11 Å². The quantitative estimate of drug-likeness (QED) is 0.679. The molecule has 1 amide bonds. The topological polar surface area (TPSA) is 45.2 Å². The van der Waals surface area contributed by atoms with E-state index in [4.69, 9.17) is 9.47 Å². The summed E-state index contributed by atoms with van der Waals surface area (Å²) in [6.07, 6.45) is 1.04. The number of carbonyl (C=O) groups is 1. The number of methoxy groups -OCH3 is 1. The summed E-state index contributed by atoms with van der Waals surface area (Å²) in [7, 11) is 1.71. The number of piperidine rings is 1. The number of benzene rings is 2. The number of carbonyl (C=O) groups excluding carboxylic acids is 1. The molecule has 33 heavy (non-hydrogen) atoms. The average molecular weight is 450 g/mol. The summed E-state index contributed by atoms with van der Waals surface area (Å²) in [5.41, 5.74) is 2.71. The van der Waals surface area contributed by atoms with E-state index in [9.17, 15) is 4.79 Å². The van der Waals surface area contributed by atoms with Crippen molar-refractivity contribution in [1.29, 1.82) is 0 Å². The minimum Gasteiger partial charge on any atom is -0.497 e. The number of fused-ring (bicyclic) bond motifs is 1. The standard InChI is InChI=1S/C27H35N3O3/c1-32-23-9-7-22(8-10-23)24-18-30(17-21-5-3-2-4-6-21)26-11-12-29(19-25(24)26)27(31)20-28-13-15-33-16-14-28/h2-10,24-26H,11-20H2,1H3/t24-,25-,26-/m1/s1. The van der Waals surface area contributed by atoms with Crippen molar-refractivity contribution >= 4 is 5.91 Å². The molecule has 3 fully saturated rings. The number of hydrogen-bond donors (Lipinski definition) is 0. The number of amides is 1. The van der Waals surface area contributed by atoms with Gasteiger partial charge < -0.3 is 14.4 Å². The first-order chi connectivity index (χ1) is 16.2. The molecule has 3 aliphatic heterocycles. The van der Waals surface area contributed by atoms with Crippen LogP contribution in [0, 0.1) is 5.92 Å². The molecule has 2 aromatic rings. The van der Waals surface area contributed by atoms with Crippen LogP contribution in [-0.2, 0) is 16.1 Å². The lowest BCUT2D eigenvalue weighted by atomic mass is 9.81. The van der Waals surface area contributed by atoms with Crippen LogP contribution in [0.25, 0.3) is 0 Å². The largest absolute Gasteiger partial charge is 0.497 e. The maximum Gasteiger partial charge on any atom is 0.236 e. The second-order valence-corrected chi connectivity index (χ2v) is 9.54. The first-order valence-electron chi connectivity index (χ1n) is 12.2. The molecule has 0 bridgehead atoms. The van der Waals surface area contributed by atoms with Crippen LogP contribution in [0.15, 0.2) is 54.6 Å². The van der Waals surface area contributed by atoms with Gasteiger partial charge in [0.05, 0.1) is 26.9 Å². The van der Waals surface area contributed by atoms with Crippen LogP contribution in [0.3, 0.4) is 0 Å². The fraction of sp³-hybridized carbons (Fsp3) is 0.519. The molecular weight excluding hydrogens is 414 g/mol. The van der Waals surface area contributed by atoms with Gasteiger partial charge >= 0.3 is 0 Å². The molecule has 2 aromatic carbocycles. The lowest BCUT2D eigenvalue weighted by molar-refractivity contribution is -0.135. The van der Waals surface area contributed by atoms with E-state index in [0.29, 0.717) is 24.4 Å². The molecule has 0 aromatic heterocycles. The minimum atomic E-state index is 0.269. The van der Waals surface area contributed by atoms with E-state index in [1.165, 1.54) is 11.1 Å². The first-order valence-corrected chi connectivity index (χ1v) is 12.2. The monoisotopic (exact) mass is 449 g/mol. The van der Waals surface area contributed by atoms with Gasteiger partial charge in [0.1, 0.15) is 5.75 Å². The predicted molar refractivity (Wildman–Crippen MR) is 128 cm³/mol. The maximum absolute atomic E-state index is 13.2. The second kappa shape index (κ2) is 10.2. The van der Waals surface area contributed by atoms with Gasteiger partial charge in [-0.2, -0.15) is 0 Å². The highest BCUT2D eigenvalue weighted by Crippen LogP contribution is 2.42. The van der Waals surface area contributed by atoms with E-state index in [1.807, 2.05) is 0 Å². The predicted octanol–water partition coefficient (Wildman–Crippen LogP) is 2.84. The number of morpholine rings is 1. The van der Waals surface area contributed by atoms with Gasteiger partial charge in [-0.15, -0.1) is 0 Å². The molecule has 0 aliphatic carbocycles. The van der Waals surface area contributed by atoms with Crippen molar-refractivity contribution in [1.82, 2.24) is 14.7 Å². The Bertz CT molecular complexity index is 914. The van der Waals surface area contributed by atoms with Crippen molar-refractivity contribution in [2.45, 2.75) is 24.9 Å². The van der Waals surface area contributed by atoms with Crippen molar-refractivity contribution in [3.8, 4) is 5.75 Å². The van der Waals surface area contributed by atoms with Gasteiger partial charge in [0, 0.05) is 57.1 Å². The zero-order chi connectivity index (χ0) is 22.6. The highest BCUT2D eigenvalue weighted by atomic mass is 16.5. The van der Waals surface area contributed by atoms with E-state index in [2.05, 4.69) is 69.3 Å². The fourth-order valence-corrected chi connectivity index (χ4v) is 5.82. The van der Waals surface area contributed by atoms with Crippen molar-refractivity contribution in [2.75, 3.05) is 59.6 Å². The van der Waals surface area contributed by atoms with Gasteiger partial charge in [-0.05, 0) is 29.7 Å². The zero-order valence-corrected chi connectivity index (χ0v) is 19.6. The molecule has 6 nitrogen and oxygen atoms in total. The Morgan fingerprint density at radius 1 is 1.00 bits per heavy atom. The van der Waals surface area contributed by atoms with Gasteiger partial charge in [-0.3, -0.25) is 14.6 Å². The summed E-state index contributed by atoms with van der Waals surface area (Å²) in [5.74, 6) is 2.03. The summed E-state index contributed by atoms with van der Waals surface area (Å²) in [6.45, 7) is 7.37. The number of hydrogen-bond acceptors (Lipinski definition) is 5. The molecule has 176 valence electrons. The van der Waals surface area contributed by atoms with Crippen LogP contribution >= 0.6 is 0 Å². The van der Waals surface area contributed by atoms with Crippen LogP contribution < -0.4 is 4.74 Å². The highest BCUT2D eigenvalue weighted by molar-refractivity contribution is 5.78. The van der Waals surface area contributed by atoms with Crippen LogP contribution in [0.2, 0.25) is 0 Å². The van der Waals surface area contributed by atoms with E-state index in [0.717, 1.165) is 64.7 Å². The fourth-order valence-electron chi connectivity index (χ4n) is 5.82. The van der Waals surface area contributed by atoms with Crippen LogP contribution in [-0.4, -0.2) is 86.2 Å². The van der Waals surface area contributed by atoms with Gasteiger partial charge in [-0.1, -0.05) is 42.5 Å². The third-order valence-corrected chi connectivity index (χ3v) is 7.62. The number of rotatable bonds is 6. The Morgan fingerprint density at radius 2 is 1.76 bits per heavy atom. The summed E-state index contributed by atoms with van der Waals surface area (Å²) < 4.78 is 10.8. The average Bonchev–Trinajstić information content (AvgIpc) is 3.23. The zero-order valence-electron chi connectivity index (χ0n) is 19.6. The molecule has 3 heterocycles. The lowest BCUT2D eigenvalue weighted by Crippen LogP contribution is -2.51. The minimum absolute atomic E-state index is 0.269. The smallest absolute Gasteiger partial charge is 0.236 e. The van der Waals surface area contributed by atoms with Gasteiger partial charge in [0.2, 0.25) is 5.91 Å². The van der Waals surface area contributed by atoms with Gasteiger partial charge in [0.25, 0.3) is 0 Å². The molecule has 3 aliphatic rings. The third-order valence-electron chi connectivity index (χ3n) is 7.62. The molecule has 0 spiro atoms. The molecule has 5 rings (SSSR count). The van der Waals surface area contributed by atoms with Crippen molar-refractivity contribution in [2.24, 2.45) is 5.92 Å². The van der Waals surface area contributed by atoms with Crippen LogP contribution in [0.1, 0.15) is 23.5 Å². The normalized spacial score (nSPS) is 26.2.